The molecule has 0 saturated heterocycles. The van der Waals surface area contributed by atoms with Crippen LogP contribution in [0.5, 0.6) is 0 Å². The molecule has 2 atom stereocenters. The molecule has 0 aromatic rings. The van der Waals surface area contributed by atoms with E-state index in [1.165, 1.54) is 109 Å². The van der Waals surface area contributed by atoms with Gasteiger partial charge in [0.15, 0.2) is 0 Å². The van der Waals surface area contributed by atoms with Crippen molar-refractivity contribution in [2.24, 2.45) is 11.8 Å². The quantitative estimate of drug-likeness (QED) is 0.278. The third kappa shape index (κ3) is 15.5. The van der Waals surface area contributed by atoms with E-state index in [0.717, 1.165) is 18.3 Å². The van der Waals surface area contributed by atoms with Crippen LogP contribution in [0, 0.1) is 25.7 Å². The van der Waals surface area contributed by atoms with Gasteiger partial charge in [-0.3, -0.25) is 0 Å². The molecule has 0 heterocycles. The van der Waals surface area contributed by atoms with Crippen molar-refractivity contribution in [3.8, 4) is 0 Å². The summed E-state index contributed by atoms with van der Waals surface area (Å²) in [7, 11) is 0. The van der Waals surface area contributed by atoms with E-state index in [0.29, 0.717) is 0 Å². The lowest BCUT2D eigenvalue weighted by Gasteiger charge is -2.14. The average molecular weight is 337 g/mol. The molecule has 0 aromatic heterocycles. The molecule has 1 rings (SSSR count). The fourth-order valence-electron chi connectivity index (χ4n) is 3.81. The standard InChI is InChI=1S/C12H23.C12H25/c1-3-4-5-6-9-12-10-7-8-11(12)2;1-3-5-7-9-11-12-10-8-6-4-2/h11-12H,2-10H2,1H3;1,3-12H2,2H3. The molecule has 1 saturated carbocycles. The molecule has 1 aliphatic rings. The van der Waals surface area contributed by atoms with Crippen molar-refractivity contribution in [2.45, 2.75) is 129 Å². The zero-order chi connectivity index (χ0) is 17.9. The fourth-order valence-corrected chi connectivity index (χ4v) is 3.81. The van der Waals surface area contributed by atoms with Crippen LogP contribution in [0.2, 0.25) is 0 Å². The van der Waals surface area contributed by atoms with E-state index in [1.807, 2.05) is 0 Å². The normalized spacial score (nSPS) is 20.0. The van der Waals surface area contributed by atoms with Gasteiger partial charge in [-0.15, -0.1) is 0 Å². The first-order valence-electron chi connectivity index (χ1n) is 11.4. The van der Waals surface area contributed by atoms with Crippen molar-refractivity contribution in [1.29, 1.82) is 0 Å². The fraction of sp³-hybridized carbons (Fsp3) is 0.917. The molecule has 2 radical (unpaired) electrons. The number of unbranched alkanes of at least 4 members (excludes halogenated alkanes) is 12. The Morgan fingerprint density at radius 2 is 1.17 bits per heavy atom. The van der Waals surface area contributed by atoms with Crippen LogP contribution in [-0.2, 0) is 0 Å². The van der Waals surface area contributed by atoms with Crippen molar-refractivity contribution in [2.75, 3.05) is 0 Å². The average Bonchev–Trinajstić information content (AvgIpc) is 3.00. The number of hydrogen-bond donors (Lipinski definition) is 0. The highest BCUT2D eigenvalue weighted by molar-refractivity contribution is 4.78. The highest BCUT2D eigenvalue weighted by atomic mass is 14.3. The predicted octanol–water partition coefficient (Wildman–Crippen LogP) is 8.95. The maximum absolute atomic E-state index is 4.22. The molecule has 0 amide bonds. The molecular weight excluding hydrogens is 288 g/mol. The van der Waals surface area contributed by atoms with Gasteiger partial charge in [0.1, 0.15) is 0 Å². The van der Waals surface area contributed by atoms with Crippen LogP contribution in [0.4, 0.5) is 0 Å². The molecule has 1 aliphatic carbocycles. The molecule has 0 bridgehead atoms. The van der Waals surface area contributed by atoms with Gasteiger partial charge in [0.25, 0.3) is 0 Å². The highest BCUT2D eigenvalue weighted by Crippen LogP contribution is 2.34. The van der Waals surface area contributed by atoms with Crippen LogP contribution in [-0.4, -0.2) is 0 Å². The summed E-state index contributed by atoms with van der Waals surface area (Å²) in [5.74, 6) is 1.76. The largest absolute Gasteiger partial charge is 0.0654 e. The molecule has 1 fully saturated rings. The lowest BCUT2D eigenvalue weighted by Crippen LogP contribution is -2.03. The second kappa shape index (κ2) is 19.3. The minimum Gasteiger partial charge on any atom is -0.0654 e. The van der Waals surface area contributed by atoms with Gasteiger partial charge in [-0.1, -0.05) is 136 Å². The Bertz CT molecular complexity index is 210. The second-order valence-corrected chi connectivity index (χ2v) is 7.98. The van der Waals surface area contributed by atoms with E-state index < -0.39 is 0 Å². The Balaban J connectivity index is 0.000000441. The van der Waals surface area contributed by atoms with Crippen LogP contribution in [0.1, 0.15) is 129 Å². The Labute approximate surface area is 155 Å². The maximum atomic E-state index is 4.22. The summed E-state index contributed by atoms with van der Waals surface area (Å²) in [4.78, 5) is 0. The topological polar surface area (TPSA) is 0 Å². The van der Waals surface area contributed by atoms with E-state index in [-0.39, 0.29) is 0 Å². The lowest BCUT2D eigenvalue weighted by molar-refractivity contribution is 0.402. The summed E-state index contributed by atoms with van der Waals surface area (Å²) in [5.41, 5.74) is 0. The van der Waals surface area contributed by atoms with Crippen LogP contribution in [0.3, 0.4) is 0 Å². The Morgan fingerprint density at radius 1 is 0.667 bits per heavy atom. The minimum absolute atomic E-state index is 0.784. The van der Waals surface area contributed by atoms with Crippen molar-refractivity contribution >= 4 is 0 Å². The van der Waals surface area contributed by atoms with Gasteiger partial charge in [-0.2, -0.15) is 0 Å². The maximum Gasteiger partial charge on any atom is -0.0386 e. The number of rotatable bonds is 14. The van der Waals surface area contributed by atoms with Crippen LogP contribution in [0.25, 0.3) is 0 Å². The van der Waals surface area contributed by atoms with E-state index in [4.69, 9.17) is 0 Å². The first-order chi connectivity index (χ1) is 11.8. The third-order valence-electron chi connectivity index (χ3n) is 5.60. The summed E-state index contributed by atoms with van der Waals surface area (Å²) >= 11 is 0. The van der Waals surface area contributed by atoms with Gasteiger partial charge in [0.2, 0.25) is 0 Å². The van der Waals surface area contributed by atoms with Crippen molar-refractivity contribution in [3.63, 3.8) is 0 Å². The summed E-state index contributed by atoms with van der Waals surface area (Å²) in [6.45, 7) is 12.6. The summed E-state index contributed by atoms with van der Waals surface area (Å²) in [5, 5.41) is 0. The zero-order valence-corrected chi connectivity index (χ0v) is 17.3. The van der Waals surface area contributed by atoms with E-state index >= 15 is 0 Å². The molecule has 0 nitrogen and oxygen atoms in total. The molecule has 144 valence electrons. The van der Waals surface area contributed by atoms with Crippen molar-refractivity contribution < 1.29 is 0 Å². The monoisotopic (exact) mass is 336 g/mol. The molecule has 0 aromatic carbocycles. The molecular formula is C24H48. The van der Waals surface area contributed by atoms with Gasteiger partial charge < -0.3 is 0 Å². The first kappa shape index (κ1) is 24.0. The first-order valence-corrected chi connectivity index (χ1v) is 11.4. The van der Waals surface area contributed by atoms with Crippen LogP contribution < -0.4 is 0 Å². The molecule has 24 heavy (non-hydrogen) atoms. The van der Waals surface area contributed by atoms with E-state index in [9.17, 15) is 0 Å². The van der Waals surface area contributed by atoms with Crippen LogP contribution >= 0.6 is 0 Å². The van der Waals surface area contributed by atoms with Crippen molar-refractivity contribution in [3.05, 3.63) is 13.8 Å². The Hall–Kier alpha value is 0. The molecule has 0 N–H and O–H groups in total. The second-order valence-electron chi connectivity index (χ2n) is 7.98. The Morgan fingerprint density at radius 3 is 1.62 bits per heavy atom. The van der Waals surface area contributed by atoms with Gasteiger partial charge in [-0.25, -0.2) is 0 Å². The smallest absolute Gasteiger partial charge is 0.0386 e. The summed E-state index contributed by atoms with van der Waals surface area (Å²) < 4.78 is 0. The van der Waals surface area contributed by atoms with E-state index in [1.54, 1.807) is 0 Å². The minimum atomic E-state index is 0.784. The lowest BCUT2D eigenvalue weighted by atomic mass is 9.92. The van der Waals surface area contributed by atoms with Gasteiger partial charge in [-0.05, 0) is 18.8 Å². The number of hydrogen-bond acceptors (Lipinski definition) is 0. The van der Waals surface area contributed by atoms with E-state index in [2.05, 4.69) is 27.7 Å². The summed E-state index contributed by atoms with van der Waals surface area (Å²) in [6.07, 6.45) is 25.3. The molecule has 0 aliphatic heterocycles. The SMILES string of the molecule is [CH2]C1CCCC1CCCCCC.[CH2]CCCCCCCCCCC. The Kier molecular flexibility index (Phi) is 19.3. The van der Waals surface area contributed by atoms with Crippen molar-refractivity contribution in [1.82, 2.24) is 0 Å². The zero-order valence-electron chi connectivity index (χ0n) is 17.3. The highest BCUT2D eigenvalue weighted by Gasteiger charge is 2.22. The van der Waals surface area contributed by atoms with Gasteiger partial charge >= 0.3 is 0 Å². The molecule has 2 unspecified atom stereocenters. The summed E-state index contributed by atoms with van der Waals surface area (Å²) in [6, 6.07) is 0. The van der Waals surface area contributed by atoms with Gasteiger partial charge in [0, 0.05) is 0 Å². The third-order valence-corrected chi connectivity index (χ3v) is 5.60. The molecule has 0 heteroatoms. The predicted molar refractivity (Wildman–Crippen MR) is 112 cm³/mol. The van der Waals surface area contributed by atoms with Gasteiger partial charge in [0.05, 0.1) is 0 Å². The molecule has 0 spiro atoms. The van der Waals surface area contributed by atoms with Crippen LogP contribution in [0.15, 0.2) is 0 Å².